The van der Waals surface area contributed by atoms with E-state index in [0.29, 0.717) is 11.8 Å². The minimum absolute atomic E-state index is 0.0297. The topological polar surface area (TPSA) is 38.7 Å². The summed E-state index contributed by atoms with van der Waals surface area (Å²) in [5, 5.41) is 12.7. The van der Waals surface area contributed by atoms with Crippen molar-refractivity contribution in [3.8, 4) is 0 Å². The molecule has 1 N–H and O–H groups in total. The second kappa shape index (κ2) is 8.11. The van der Waals surface area contributed by atoms with Crippen LogP contribution in [0.4, 0.5) is 0 Å². The molecule has 2 fully saturated rings. The van der Waals surface area contributed by atoms with Crippen molar-refractivity contribution in [2.24, 2.45) is 17.3 Å². The van der Waals surface area contributed by atoms with Crippen molar-refractivity contribution >= 4 is 19.4 Å². The fraction of sp³-hybridized carbons (Fsp3) is 0.500. The smallest absolute Gasteiger partial charge is 0.240 e. The Kier molecular flexibility index (Phi) is 5.75. The molecule has 3 nitrogen and oxygen atoms in total. The molecule has 5 atom stereocenters. The summed E-state index contributed by atoms with van der Waals surface area (Å²) in [6.45, 7) is 6.87. The first kappa shape index (κ1) is 19.8. The van der Waals surface area contributed by atoms with Crippen LogP contribution < -0.4 is 10.4 Å². The van der Waals surface area contributed by atoms with Crippen molar-refractivity contribution in [3.63, 3.8) is 0 Å². The van der Waals surface area contributed by atoms with Gasteiger partial charge in [-0.15, -0.1) is 0 Å². The Morgan fingerprint density at radius 3 is 2.07 bits per heavy atom. The number of rotatable bonds is 5. The third-order valence-electron chi connectivity index (χ3n) is 6.35. The van der Waals surface area contributed by atoms with Crippen LogP contribution in [0.2, 0.25) is 0 Å². The van der Waals surface area contributed by atoms with E-state index in [1.807, 2.05) is 0 Å². The van der Waals surface area contributed by atoms with Gasteiger partial charge in [0.25, 0.3) is 0 Å². The van der Waals surface area contributed by atoms with E-state index in [2.05, 4.69) is 81.4 Å². The molecule has 0 amide bonds. The van der Waals surface area contributed by atoms with E-state index in [9.17, 15) is 5.11 Å². The molecule has 4 heteroatoms. The Morgan fingerprint density at radius 1 is 0.964 bits per heavy atom. The van der Waals surface area contributed by atoms with E-state index in [0.717, 1.165) is 19.3 Å². The number of aliphatic hydroxyl groups is 1. The number of hydrogen-bond donors (Lipinski definition) is 1. The van der Waals surface area contributed by atoms with Crippen LogP contribution in [0.3, 0.4) is 0 Å². The summed E-state index contributed by atoms with van der Waals surface area (Å²) in [4.78, 5) is 0. The predicted octanol–water partition coefficient (Wildman–Crippen LogP) is 3.09. The quantitative estimate of drug-likeness (QED) is 0.790. The van der Waals surface area contributed by atoms with Crippen LogP contribution in [0.25, 0.3) is 0 Å². The third kappa shape index (κ3) is 4.11. The molecule has 1 saturated carbocycles. The Morgan fingerprint density at radius 2 is 1.54 bits per heavy atom. The molecule has 2 aromatic rings. The maximum Gasteiger partial charge on any atom is 0.240 e. The van der Waals surface area contributed by atoms with Gasteiger partial charge in [0.1, 0.15) is 0 Å². The fourth-order valence-corrected chi connectivity index (χ4v) is 7.87. The van der Waals surface area contributed by atoms with Crippen molar-refractivity contribution in [1.82, 2.24) is 0 Å². The van der Waals surface area contributed by atoms with Crippen molar-refractivity contribution < 1.29 is 14.3 Å². The molecular weight excluding hydrogens is 364 g/mol. The Bertz CT molecular complexity index is 719. The highest BCUT2D eigenvalue weighted by Gasteiger charge is 2.50. The van der Waals surface area contributed by atoms with Gasteiger partial charge in [0, 0.05) is 6.42 Å². The third-order valence-corrected chi connectivity index (χ3v) is 8.89. The fourth-order valence-electron chi connectivity index (χ4n) is 5.12. The molecule has 4 rings (SSSR count). The van der Waals surface area contributed by atoms with Crippen molar-refractivity contribution in [1.29, 1.82) is 0 Å². The molecule has 1 aliphatic heterocycles. The molecule has 28 heavy (non-hydrogen) atoms. The van der Waals surface area contributed by atoms with Gasteiger partial charge in [0.05, 0.1) is 12.2 Å². The zero-order chi connectivity index (χ0) is 19.7. The van der Waals surface area contributed by atoms with Gasteiger partial charge < -0.3 is 14.3 Å². The van der Waals surface area contributed by atoms with Gasteiger partial charge in [-0.3, -0.25) is 0 Å². The monoisotopic (exact) mass is 396 g/mol. The number of benzene rings is 2. The summed E-state index contributed by atoms with van der Waals surface area (Å²) in [5.74, 6) is 0.838. The lowest BCUT2D eigenvalue weighted by atomic mass is 9.76. The van der Waals surface area contributed by atoms with Gasteiger partial charge in [-0.1, -0.05) is 81.4 Å². The van der Waals surface area contributed by atoms with E-state index >= 15 is 0 Å². The Balaban J connectivity index is 1.66. The van der Waals surface area contributed by atoms with Gasteiger partial charge in [-0.2, -0.15) is 0 Å². The lowest BCUT2D eigenvalue weighted by Crippen LogP contribution is -2.52. The predicted molar refractivity (Wildman–Crippen MR) is 115 cm³/mol. The molecule has 2 unspecified atom stereocenters. The van der Waals surface area contributed by atoms with Crippen LogP contribution in [-0.2, 0) is 9.16 Å². The number of hydrogen-bond acceptors (Lipinski definition) is 3. The minimum atomic E-state index is -1.82. The zero-order valence-electron chi connectivity index (χ0n) is 17.1. The molecule has 1 aliphatic carbocycles. The van der Waals surface area contributed by atoms with Crippen LogP contribution in [0.15, 0.2) is 60.7 Å². The molecule has 1 saturated heterocycles. The van der Waals surface area contributed by atoms with Crippen LogP contribution in [0.1, 0.15) is 40.0 Å². The maximum absolute atomic E-state index is 10.0. The average Bonchev–Trinajstić information content (AvgIpc) is 3.22. The first-order valence-electron chi connectivity index (χ1n) is 10.5. The molecule has 2 aromatic carbocycles. The first-order valence-corrected chi connectivity index (χ1v) is 12.1. The zero-order valence-corrected chi connectivity index (χ0v) is 18.3. The normalized spacial score (nSPS) is 28.5. The molecule has 2 aliphatic rings. The van der Waals surface area contributed by atoms with Gasteiger partial charge in [-0.05, 0) is 40.5 Å². The molecule has 0 radical (unpaired) electrons. The number of aliphatic hydroxyl groups excluding tert-OH is 1. The number of fused-ring (bicyclic) bond motifs is 1. The summed E-state index contributed by atoms with van der Waals surface area (Å²) in [5.41, 5.74) is 0.0297. The average molecular weight is 397 g/mol. The van der Waals surface area contributed by atoms with E-state index < -0.39 is 15.3 Å². The highest BCUT2D eigenvalue weighted by Crippen LogP contribution is 2.48. The summed E-state index contributed by atoms with van der Waals surface area (Å²) in [7, 11) is -1.82. The molecular formula is C24H32O3Si. The molecule has 150 valence electrons. The molecule has 0 spiro atoms. The first-order chi connectivity index (χ1) is 13.4. The van der Waals surface area contributed by atoms with Crippen LogP contribution in [-0.4, -0.2) is 32.6 Å². The van der Waals surface area contributed by atoms with Gasteiger partial charge >= 0.3 is 0 Å². The second-order valence-corrected chi connectivity index (χ2v) is 11.8. The van der Waals surface area contributed by atoms with E-state index in [-0.39, 0.29) is 17.6 Å². The van der Waals surface area contributed by atoms with Gasteiger partial charge in [-0.25, -0.2) is 0 Å². The summed E-state index contributed by atoms with van der Waals surface area (Å²) < 4.78 is 12.9. The van der Waals surface area contributed by atoms with E-state index in [1.165, 1.54) is 10.4 Å². The molecule has 1 heterocycles. The standard InChI is InChI=1S/C24H32O3Si/c1-24(2,3)23(19-14-15-21-20(19)16-22(25)26-21)27-28(17-10-6-4-7-11-17)18-12-8-5-9-13-18/h4-13,19-23,25,28H,14-16H2,1-3H3/t19-,20+,21-,22?,23?/m0/s1. The SMILES string of the molecule is CC(C)(C)C(O[SiH](c1ccccc1)c1ccccc1)[C@H]1CC[C@@H]2OC(O)C[C@@H]21. The van der Waals surface area contributed by atoms with Gasteiger partial charge in [0.15, 0.2) is 6.29 Å². The lowest BCUT2D eigenvalue weighted by Gasteiger charge is -2.40. The van der Waals surface area contributed by atoms with Crippen LogP contribution >= 0.6 is 0 Å². The Hall–Kier alpha value is -1.46. The van der Waals surface area contributed by atoms with Crippen molar-refractivity contribution in [2.45, 2.75) is 58.5 Å². The minimum Gasteiger partial charge on any atom is -0.407 e. The highest BCUT2D eigenvalue weighted by molar-refractivity contribution is 6.80. The summed E-state index contributed by atoms with van der Waals surface area (Å²) in [6, 6.07) is 21.4. The highest BCUT2D eigenvalue weighted by atomic mass is 28.3. The van der Waals surface area contributed by atoms with Gasteiger partial charge in [0.2, 0.25) is 9.04 Å². The molecule has 0 aromatic heterocycles. The largest absolute Gasteiger partial charge is 0.407 e. The molecule has 0 bridgehead atoms. The summed E-state index contributed by atoms with van der Waals surface area (Å²) >= 11 is 0. The lowest BCUT2D eigenvalue weighted by molar-refractivity contribution is -0.0906. The van der Waals surface area contributed by atoms with E-state index in [4.69, 9.17) is 9.16 Å². The van der Waals surface area contributed by atoms with Crippen LogP contribution in [0, 0.1) is 17.3 Å². The summed E-state index contributed by atoms with van der Waals surface area (Å²) in [6.07, 6.45) is 2.64. The van der Waals surface area contributed by atoms with E-state index in [1.54, 1.807) is 0 Å². The number of ether oxygens (including phenoxy) is 1. The van der Waals surface area contributed by atoms with Crippen molar-refractivity contribution in [3.05, 3.63) is 60.7 Å². The van der Waals surface area contributed by atoms with Crippen molar-refractivity contribution in [2.75, 3.05) is 0 Å². The maximum atomic E-state index is 10.0. The van der Waals surface area contributed by atoms with Crippen LogP contribution in [0.5, 0.6) is 0 Å². The Labute approximate surface area is 170 Å². The second-order valence-electron chi connectivity index (χ2n) is 9.39.